The minimum absolute atomic E-state index is 0.255. The van der Waals surface area contributed by atoms with Crippen LogP contribution in [0.5, 0.6) is 0 Å². The minimum atomic E-state index is -1.28. The first-order valence-corrected chi connectivity index (χ1v) is 3.87. The highest BCUT2D eigenvalue weighted by atomic mass is 19.1. The van der Waals surface area contributed by atoms with Gasteiger partial charge in [-0.2, -0.15) is 10.2 Å². The van der Waals surface area contributed by atoms with Crippen LogP contribution in [0.2, 0.25) is 0 Å². The molecule has 0 heterocycles. The third-order valence-electron chi connectivity index (χ3n) is 1.69. The molecule has 1 rings (SSSR count). The summed E-state index contributed by atoms with van der Waals surface area (Å²) in [4.78, 5) is 10.8. The summed E-state index contributed by atoms with van der Waals surface area (Å²) in [6.45, 7) is 6.26. The fourth-order valence-corrected chi connectivity index (χ4v) is 1.08. The second-order valence-corrected chi connectivity index (χ2v) is 2.51. The molecule has 5 nitrogen and oxygen atoms in total. The van der Waals surface area contributed by atoms with Crippen LogP contribution in [-0.4, -0.2) is 24.5 Å². The van der Waals surface area contributed by atoms with Gasteiger partial charge in [-0.1, -0.05) is 6.07 Å². The largest absolute Gasteiger partial charge is 0.478 e. The molecule has 0 amide bonds. The Balaban J connectivity index is 3.41. The van der Waals surface area contributed by atoms with E-state index in [0.29, 0.717) is 0 Å². The molecule has 0 unspecified atom stereocenters. The first kappa shape index (κ1) is 10.8. The molecule has 0 spiro atoms. The van der Waals surface area contributed by atoms with Gasteiger partial charge >= 0.3 is 5.97 Å². The van der Waals surface area contributed by atoms with Crippen LogP contribution in [0.3, 0.4) is 0 Å². The van der Waals surface area contributed by atoms with Gasteiger partial charge in [-0.25, -0.2) is 9.18 Å². The molecule has 15 heavy (non-hydrogen) atoms. The van der Waals surface area contributed by atoms with Crippen molar-refractivity contribution in [1.82, 2.24) is 0 Å². The number of rotatable bonds is 4. The summed E-state index contributed by atoms with van der Waals surface area (Å²) in [5.41, 5.74) is -0.537. The maximum absolute atomic E-state index is 13.4. The third-order valence-corrected chi connectivity index (χ3v) is 1.69. The fraction of sp³-hybridized carbons (Fsp3) is 0. The molecule has 1 aromatic rings. The van der Waals surface area contributed by atoms with Crippen LogP contribution >= 0.6 is 0 Å². The molecule has 0 aliphatic rings. The smallest absolute Gasteiger partial charge is 0.338 e. The van der Waals surface area contributed by atoms with Gasteiger partial charge in [-0.15, -0.1) is 5.12 Å². The van der Waals surface area contributed by atoms with E-state index in [-0.39, 0.29) is 11.3 Å². The molecular weight excluding hydrogens is 201 g/mol. The first-order chi connectivity index (χ1) is 7.11. The predicted octanol–water partition coefficient (Wildman–Crippen LogP) is 1.56. The van der Waals surface area contributed by atoms with Crippen LogP contribution in [0.25, 0.3) is 0 Å². The van der Waals surface area contributed by atoms with Crippen molar-refractivity contribution in [2.24, 2.45) is 10.2 Å². The van der Waals surface area contributed by atoms with Gasteiger partial charge in [0.1, 0.15) is 5.69 Å². The van der Waals surface area contributed by atoms with Crippen molar-refractivity contribution < 1.29 is 14.3 Å². The maximum Gasteiger partial charge on any atom is 0.338 e. The molecule has 0 bridgehead atoms. The van der Waals surface area contributed by atoms with Crippen LogP contribution in [0.1, 0.15) is 10.4 Å². The highest BCUT2D eigenvalue weighted by Gasteiger charge is 2.18. The number of hydrogen-bond acceptors (Lipinski definition) is 4. The second-order valence-electron chi connectivity index (χ2n) is 2.51. The van der Waals surface area contributed by atoms with Crippen molar-refractivity contribution in [2.75, 3.05) is 5.12 Å². The predicted molar refractivity (Wildman–Crippen MR) is 54.9 cm³/mol. The zero-order chi connectivity index (χ0) is 11.4. The van der Waals surface area contributed by atoms with E-state index < -0.39 is 11.8 Å². The number of hydrazone groups is 2. The number of hydrogen-bond donors (Lipinski definition) is 1. The van der Waals surface area contributed by atoms with E-state index in [4.69, 9.17) is 5.11 Å². The van der Waals surface area contributed by atoms with Crippen LogP contribution in [-0.2, 0) is 0 Å². The molecule has 0 aliphatic heterocycles. The molecule has 0 saturated carbocycles. The van der Waals surface area contributed by atoms with Gasteiger partial charge in [0, 0.05) is 13.4 Å². The minimum Gasteiger partial charge on any atom is -0.478 e. The summed E-state index contributed by atoms with van der Waals surface area (Å²) in [5.74, 6) is -2.03. The number of nitrogens with zero attached hydrogens (tertiary/aromatic N) is 3. The Morgan fingerprint density at radius 1 is 1.40 bits per heavy atom. The summed E-state index contributed by atoms with van der Waals surface area (Å²) in [6, 6.07) is 3.63. The number of aromatic carboxylic acids is 1. The number of carbonyl (C=O) groups is 1. The Morgan fingerprint density at radius 2 is 2.00 bits per heavy atom. The van der Waals surface area contributed by atoms with Crippen LogP contribution in [0.4, 0.5) is 10.1 Å². The number of anilines is 1. The summed E-state index contributed by atoms with van der Waals surface area (Å²) in [5, 5.41) is 16.2. The zero-order valence-electron chi connectivity index (χ0n) is 7.72. The number of carboxylic acids is 1. The van der Waals surface area contributed by atoms with Crippen molar-refractivity contribution >= 4 is 25.1 Å². The van der Waals surface area contributed by atoms with Crippen molar-refractivity contribution in [3.8, 4) is 0 Å². The van der Waals surface area contributed by atoms with Crippen molar-refractivity contribution in [1.29, 1.82) is 0 Å². The van der Waals surface area contributed by atoms with E-state index in [1.165, 1.54) is 12.1 Å². The van der Waals surface area contributed by atoms with Crippen molar-refractivity contribution in [2.45, 2.75) is 0 Å². The van der Waals surface area contributed by atoms with Crippen LogP contribution < -0.4 is 5.12 Å². The SMILES string of the molecule is C=NN(N=C)c1c(F)cccc1C(=O)O. The molecule has 0 radical (unpaired) electrons. The van der Waals surface area contributed by atoms with Gasteiger partial charge < -0.3 is 5.11 Å². The van der Waals surface area contributed by atoms with Gasteiger partial charge in [0.15, 0.2) is 5.82 Å². The van der Waals surface area contributed by atoms with Gasteiger partial charge in [-0.05, 0) is 12.1 Å². The quantitative estimate of drug-likeness (QED) is 0.604. The number of carboxylic acid groups (broad SMARTS) is 1. The van der Waals surface area contributed by atoms with Crippen molar-refractivity contribution in [3.05, 3.63) is 29.6 Å². The monoisotopic (exact) mass is 209 g/mol. The van der Waals surface area contributed by atoms with Crippen molar-refractivity contribution in [3.63, 3.8) is 0 Å². The van der Waals surface area contributed by atoms with Gasteiger partial charge in [0.2, 0.25) is 0 Å². The van der Waals surface area contributed by atoms with E-state index in [0.717, 1.165) is 11.2 Å². The Hall–Kier alpha value is -2.24. The third kappa shape index (κ3) is 1.98. The maximum atomic E-state index is 13.4. The lowest BCUT2D eigenvalue weighted by molar-refractivity contribution is 0.0697. The van der Waals surface area contributed by atoms with Crippen LogP contribution in [0, 0.1) is 5.82 Å². The molecule has 0 fully saturated rings. The highest BCUT2D eigenvalue weighted by Crippen LogP contribution is 2.24. The normalized spacial score (nSPS) is 9.40. The van der Waals surface area contributed by atoms with E-state index in [1.54, 1.807) is 0 Å². The van der Waals surface area contributed by atoms with E-state index in [2.05, 4.69) is 23.6 Å². The molecule has 0 saturated heterocycles. The first-order valence-electron chi connectivity index (χ1n) is 3.87. The Kier molecular flexibility index (Phi) is 3.12. The van der Waals surface area contributed by atoms with Gasteiger partial charge in [-0.3, -0.25) is 0 Å². The van der Waals surface area contributed by atoms with E-state index in [9.17, 15) is 9.18 Å². The van der Waals surface area contributed by atoms with Gasteiger partial charge in [0.05, 0.1) is 5.56 Å². The number of benzene rings is 1. The summed E-state index contributed by atoms with van der Waals surface area (Å²) >= 11 is 0. The van der Waals surface area contributed by atoms with E-state index in [1.807, 2.05) is 0 Å². The molecule has 0 atom stereocenters. The average molecular weight is 209 g/mol. The molecule has 1 N–H and O–H groups in total. The highest BCUT2D eigenvalue weighted by molar-refractivity contribution is 5.94. The molecule has 0 aliphatic carbocycles. The average Bonchev–Trinajstić information content (AvgIpc) is 2.21. The molecular formula is C9H8FN3O2. The summed E-state index contributed by atoms with van der Waals surface area (Å²) in [6.07, 6.45) is 0. The molecule has 78 valence electrons. The Morgan fingerprint density at radius 3 is 2.47 bits per heavy atom. The van der Waals surface area contributed by atoms with E-state index >= 15 is 0 Å². The molecule has 0 aromatic heterocycles. The summed E-state index contributed by atoms with van der Waals surface area (Å²) in [7, 11) is 0. The molecule has 6 heteroatoms. The number of halogens is 1. The molecule has 1 aromatic carbocycles. The Bertz CT molecular complexity index is 412. The Labute approximate surface area is 85.1 Å². The fourth-order valence-electron chi connectivity index (χ4n) is 1.08. The van der Waals surface area contributed by atoms with Crippen LogP contribution in [0.15, 0.2) is 28.4 Å². The summed E-state index contributed by atoms with van der Waals surface area (Å²) < 4.78 is 13.4. The lowest BCUT2D eigenvalue weighted by atomic mass is 10.2. The zero-order valence-corrected chi connectivity index (χ0v) is 7.72. The standard InChI is InChI=1S/C9H8FN3O2/c1-11-13(12-2)8-6(9(14)15)4-3-5-7(8)10/h3-5H,1-2H2,(H,14,15). The number of para-hydroxylation sites is 1. The second kappa shape index (κ2) is 4.32. The lowest BCUT2D eigenvalue weighted by Crippen LogP contribution is -2.13. The topological polar surface area (TPSA) is 65.3 Å². The van der Waals surface area contributed by atoms with Gasteiger partial charge in [0.25, 0.3) is 0 Å². The lowest BCUT2D eigenvalue weighted by Gasteiger charge is -2.14.